The van der Waals surface area contributed by atoms with Gasteiger partial charge in [-0.05, 0) is 38.6 Å². The van der Waals surface area contributed by atoms with Crippen LogP contribution in [0.5, 0.6) is 0 Å². The molecular formula is C14H27N3O. The lowest BCUT2D eigenvalue weighted by molar-refractivity contribution is -0.119. The Morgan fingerprint density at radius 1 is 1.17 bits per heavy atom. The minimum atomic E-state index is -0.182. The van der Waals surface area contributed by atoms with Crippen molar-refractivity contribution in [2.24, 2.45) is 5.73 Å². The predicted octanol–water partition coefficient (Wildman–Crippen LogP) is 1.25. The van der Waals surface area contributed by atoms with Crippen molar-refractivity contribution in [3.8, 4) is 0 Å². The summed E-state index contributed by atoms with van der Waals surface area (Å²) in [7, 11) is 0. The van der Waals surface area contributed by atoms with E-state index >= 15 is 0 Å². The number of hydrogen-bond donors (Lipinski definition) is 2. The van der Waals surface area contributed by atoms with Gasteiger partial charge in [-0.25, -0.2) is 0 Å². The summed E-state index contributed by atoms with van der Waals surface area (Å²) in [6.45, 7) is 2.62. The number of nitrogens with zero attached hydrogens (tertiary/aromatic N) is 1. The monoisotopic (exact) mass is 253 g/mol. The smallest absolute Gasteiger partial charge is 0.231 e. The molecule has 1 aliphatic carbocycles. The van der Waals surface area contributed by atoms with Gasteiger partial charge in [-0.15, -0.1) is 0 Å². The van der Waals surface area contributed by atoms with E-state index in [1.807, 2.05) is 0 Å². The van der Waals surface area contributed by atoms with Gasteiger partial charge in [0.25, 0.3) is 0 Å². The molecule has 1 heterocycles. The van der Waals surface area contributed by atoms with Gasteiger partial charge in [-0.2, -0.15) is 0 Å². The van der Waals surface area contributed by atoms with E-state index in [1.54, 1.807) is 0 Å². The van der Waals surface area contributed by atoms with Crippen LogP contribution in [0.25, 0.3) is 0 Å². The van der Waals surface area contributed by atoms with Crippen molar-refractivity contribution in [3.05, 3.63) is 0 Å². The van der Waals surface area contributed by atoms with Crippen LogP contribution in [-0.2, 0) is 4.79 Å². The fourth-order valence-corrected chi connectivity index (χ4v) is 3.35. The average molecular weight is 253 g/mol. The Labute approximate surface area is 110 Å². The van der Waals surface area contributed by atoms with Gasteiger partial charge in [0.15, 0.2) is 0 Å². The number of rotatable bonds is 6. The Bertz CT molecular complexity index is 258. The molecule has 0 spiro atoms. The van der Waals surface area contributed by atoms with E-state index in [4.69, 9.17) is 5.73 Å². The molecule has 0 aromatic heterocycles. The van der Waals surface area contributed by atoms with E-state index in [1.165, 1.54) is 44.9 Å². The Morgan fingerprint density at radius 2 is 1.89 bits per heavy atom. The van der Waals surface area contributed by atoms with E-state index in [0.29, 0.717) is 18.6 Å². The molecule has 0 radical (unpaired) electrons. The number of amides is 1. The van der Waals surface area contributed by atoms with Crippen molar-refractivity contribution in [1.29, 1.82) is 0 Å². The molecule has 1 saturated heterocycles. The molecule has 1 atom stereocenters. The zero-order valence-electron chi connectivity index (χ0n) is 11.4. The standard InChI is InChI=1S/C14H27N3O/c15-14(18)11-17(13-6-1-2-7-13)10-8-12-5-3-4-9-16-12/h12-13,16H,1-11H2,(H2,15,18). The first kappa shape index (κ1) is 13.8. The molecule has 104 valence electrons. The van der Waals surface area contributed by atoms with Crippen molar-refractivity contribution in [3.63, 3.8) is 0 Å². The van der Waals surface area contributed by atoms with Crippen molar-refractivity contribution < 1.29 is 4.79 Å². The van der Waals surface area contributed by atoms with Gasteiger partial charge < -0.3 is 11.1 Å². The second-order valence-electron chi connectivity index (χ2n) is 5.81. The van der Waals surface area contributed by atoms with Crippen LogP contribution in [0.15, 0.2) is 0 Å². The third-order valence-electron chi connectivity index (χ3n) is 4.38. The number of nitrogens with two attached hydrogens (primary N) is 1. The maximum atomic E-state index is 11.2. The van der Waals surface area contributed by atoms with Crippen LogP contribution in [0, 0.1) is 0 Å². The predicted molar refractivity (Wildman–Crippen MR) is 73.3 cm³/mol. The van der Waals surface area contributed by atoms with Crippen LogP contribution in [-0.4, -0.2) is 42.5 Å². The molecule has 18 heavy (non-hydrogen) atoms. The molecule has 2 aliphatic rings. The summed E-state index contributed by atoms with van der Waals surface area (Å²) in [5.74, 6) is -0.182. The molecule has 0 aromatic rings. The highest BCUT2D eigenvalue weighted by atomic mass is 16.1. The van der Waals surface area contributed by atoms with Gasteiger partial charge in [0, 0.05) is 18.6 Å². The van der Waals surface area contributed by atoms with Crippen molar-refractivity contribution >= 4 is 5.91 Å². The summed E-state index contributed by atoms with van der Waals surface area (Å²) in [5.41, 5.74) is 5.37. The topological polar surface area (TPSA) is 58.4 Å². The van der Waals surface area contributed by atoms with Crippen LogP contribution >= 0.6 is 0 Å². The maximum absolute atomic E-state index is 11.2. The summed E-state index contributed by atoms with van der Waals surface area (Å²) < 4.78 is 0. The molecule has 1 saturated carbocycles. The summed E-state index contributed by atoms with van der Waals surface area (Å²) in [6.07, 6.45) is 10.2. The molecule has 1 unspecified atom stereocenters. The van der Waals surface area contributed by atoms with Crippen LogP contribution in [0.2, 0.25) is 0 Å². The van der Waals surface area contributed by atoms with E-state index in [0.717, 1.165) is 19.5 Å². The first-order valence-corrected chi connectivity index (χ1v) is 7.51. The second kappa shape index (κ2) is 7.10. The summed E-state index contributed by atoms with van der Waals surface area (Å²) in [6, 6.07) is 1.25. The number of nitrogens with one attached hydrogen (secondary N) is 1. The lowest BCUT2D eigenvalue weighted by Crippen LogP contribution is -2.43. The van der Waals surface area contributed by atoms with E-state index in [2.05, 4.69) is 10.2 Å². The van der Waals surface area contributed by atoms with Crippen molar-refractivity contribution in [2.45, 2.75) is 63.5 Å². The molecule has 2 rings (SSSR count). The quantitative estimate of drug-likeness (QED) is 0.749. The zero-order valence-corrected chi connectivity index (χ0v) is 11.4. The zero-order chi connectivity index (χ0) is 12.8. The number of piperidine rings is 1. The second-order valence-corrected chi connectivity index (χ2v) is 5.81. The lowest BCUT2D eigenvalue weighted by Gasteiger charge is -2.30. The highest BCUT2D eigenvalue weighted by Crippen LogP contribution is 2.24. The normalized spacial score (nSPS) is 25.7. The number of primary amides is 1. The van der Waals surface area contributed by atoms with Gasteiger partial charge >= 0.3 is 0 Å². The summed E-state index contributed by atoms with van der Waals surface area (Å²) >= 11 is 0. The van der Waals surface area contributed by atoms with Crippen LogP contribution in [0.4, 0.5) is 0 Å². The molecule has 4 heteroatoms. The third kappa shape index (κ3) is 4.25. The van der Waals surface area contributed by atoms with Gasteiger partial charge in [0.2, 0.25) is 5.91 Å². The Hall–Kier alpha value is -0.610. The minimum Gasteiger partial charge on any atom is -0.369 e. The molecular weight excluding hydrogens is 226 g/mol. The van der Waals surface area contributed by atoms with E-state index in [9.17, 15) is 4.79 Å². The molecule has 4 nitrogen and oxygen atoms in total. The van der Waals surface area contributed by atoms with Crippen LogP contribution in [0.1, 0.15) is 51.4 Å². The fraction of sp³-hybridized carbons (Fsp3) is 0.929. The van der Waals surface area contributed by atoms with Crippen LogP contribution in [0.3, 0.4) is 0 Å². The average Bonchev–Trinajstić information content (AvgIpc) is 2.89. The summed E-state index contributed by atoms with van der Waals surface area (Å²) in [5, 5.41) is 3.58. The van der Waals surface area contributed by atoms with E-state index < -0.39 is 0 Å². The lowest BCUT2D eigenvalue weighted by atomic mass is 10.0. The number of carbonyl (C=O) groups is 1. The fourth-order valence-electron chi connectivity index (χ4n) is 3.35. The molecule has 0 aromatic carbocycles. The third-order valence-corrected chi connectivity index (χ3v) is 4.38. The van der Waals surface area contributed by atoms with Crippen molar-refractivity contribution in [1.82, 2.24) is 10.2 Å². The highest BCUT2D eigenvalue weighted by molar-refractivity contribution is 5.75. The van der Waals surface area contributed by atoms with E-state index in [-0.39, 0.29) is 5.91 Å². The molecule has 1 amide bonds. The summed E-state index contributed by atoms with van der Waals surface area (Å²) in [4.78, 5) is 13.5. The molecule has 0 bridgehead atoms. The SMILES string of the molecule is NC(=O)CN(CCC1CCCCN1)C1CCCC1. The first-order valence-electron chi connectivity index (χ1n) is 7.51. The van der Waals surface area contributed by atoms with Gasteiger partial charge in [0.1, 0.15) is 0 Å². The first-order chi connectivity index (χ1) is 8.75. The maximum Gasteiger partial charge on any atom is 0.231 e. The Balaban J connectivity index is 1.78. The van der Waals surface area contributed by atoms with Gasteiger partial charge in [-0.1, -0.05) is 19.3 Å². The molecule has 2 fully saturated rings. The van der Waals surface area contributed by atoms with Crippen LogP contribution < -0.4 is 11.1 Å². The molecule has 3 N–H and O–H groups in total. The molecule has 1 aliphatic heterocycles. The van der Waals surface area contributed by atoms with Gasteiger partial charge in [-0.3, -0.25) is 9.69 Å². The minimum absolute atomic E-state index is 0.182. The Kier molecular flexibility index (Phi) is 5.45. The van der Waals surface area contributed by atoms with Crippen molar-refractivity contribution in [2.75, 3.05) is 19.6 Å². The number of carbonyl (C=O) groups excluding carboxylic acids is 1. The largest absolute Gasteiger partial charge is 0.369 e. The highest BCUT2D eigenvalue weighted by Gasteiger charge is 2.24. The van der Waals surface area contributed by atoms with Gasteiger partial charge in [0.05, 0.1) is 6.54 Å². The Morgan fingerprint density at radius 3 is 2.50 bits per heavy atom. The number of hydrogen-bond acceptors (Lipinski definition) is 3.